The average Bonchev–Trinajstić information content (AvgIpc) is 3.68. The molecule has 12 nitrogen and oxygen atoms in total. The van der Waals surface area contributed by atoms with E-state index < -0.39 is 23.3 Å². The maximum absolute atomic E-state index is 14.4. The summed E-state index contributed by atoms with van der Waals surface area (Å²) >= 11 is 0. The number of pyridine rings is 1. The van der Waals surface area contributed by atoms with Crippen molar-refractivity contribution in [3.8, 4) is 6.07 Å². The van der Waals surface area contributed by atoms with Gasteiger partial charge in [-0.1, -0.05) is 6.07 Å². The van der Waals surface area contributed by atoms with Crippen molar-refractivity contribution in [2.75, 3.05) is 36.4 Å². The van der Waals surface area contributed by atoms with Crippen molar-refractivity contribution in [1.29, 1.82) is 5.26 Å². The van der Waals surface area contributed by atoms with Crippen LogP contribution in [0.25, 0.3) is 11.0 Å². The van der Waals surface area contributed by atoms with E-state index in [2.05, 4.69) is 25.1 Å². The van der Waals surface area contributed by atoms with Crippen LogP contribution in [0, 0.1) is 17.1 Å². The minimum Gasteiger partial charge on any atom is -0.456 e. The monoisotopic (exact) mass is 636 g/mol. The molecule has 6 rings (SSSR count). The molecule has 2 aromatic carbocycles. The zero-order chi connectivity index (χ0) is 33.1. The number of amides is 1. The van der Waals surface area contributed by atoms with Crippen LogP contribution in [0.5, 0.6) is 0 Å². The van der Waals surface area contributed by atoms with Crippen LogP contribution in [0.1, 0.15) is 58.6 Å². The molecule has 5 aromatic rings. The van der Waals surface area contributed by atoms with E-state index in [4.69, 9.17) is 19.4 Å². The van der Waals surface area contributed by atoms with Gasteiger partial charge in [0.1, 0.15) is 34.6 Å². The lowest BCUT2D eigenvalue weighted by atomic mass is 10.1. The Morgan fingerprint density at radius 3 is 2.55 bits per heavy atom. The first-order valence-electron chi connectivity index (χ1n) is 15.1. The molecule has 1 aliphatic heterocycles. The normalized spacial score (nSPS) is 13.8. The molecular formula is C34H33FN8O4. The van der Waals surface area contributed by atoms with Crippen LogP contribution in [0.3, 0.4) is 0 Å². The van der Waals surface area contributed by atoms with E-state index in [1.165, 1.54) is 18.5 Å². The van der Waals surface area contributed by atoms with Crippen LogP contribution in [-0.2, 0) is 17.8 Å². The molecule has 1 saturated heterocycles. The number of nitrogens with one attached hydrogen (secondary N) is 1. The first-order valence-corrected chi connectivity index (χ1v) is 15.1. The standard InChI is InChI=1S/C34H33FN8O4/c1-34(2,3)47-33(45)23-8-10-27-28(16-23)43(19-24-18-37-21-46-24)31(38-27)20-41-11-13-42(14-12-41)30-6-4-5-29(39-30)40-32(44)25-9-7-22(17-36)15-26(25)35/h4-10,15-16,18,21H,11-14,19-20H2,1-3H3,(H,39,40,44). The number of ether oxygens (including phenoxy) is 1. The molecule has 0 saturated carbocycles. The van der Waals surface area contributed by atoms with Gasteiger partial charge in [0.2, 0.25) is 0 Å². The third-order valence-corrected chi connectivity index (χ3v) is 7.64. The van der Waals surface area contributed by atoms with Gasteiger partial charge in [-0.2, -0.15) is 5.26 Å². The maximum atomic E-state index is 14.4. The predicted molar refractivity (Wildman–Crippen MR) is 171 cm³/mol. The Morgan fingerprint density at radius 1 is 1.04 bits per heavy atom. The zero-order valence-corrected chi connectivity index (χ0v) is 26.2. The summed E-state index contributed by atoms with van der Waals surface area (Å²) in [6.45, 7) is 9.29. The summed E-state index contributed by atoms with van der Waals surface area (Å²) in [5, 5.41) is 11.6. The van der Waals surface area contributed by atoms with E-state index in [1.807, 2.05) is 43.5 Å². The fourth-order valence-corrected chi connectivity index (χ4v) is 5.37. The lowest BCUT2D eigenvalue weighted by molar-refractivity contribution is 0.00695. The molecule has 13 heteroatoms. The molecule has 0 spiro atoms. The van der Waals surface area contributed by atoms with Crippen molar-refractivity contribution >= 4 is 34.5 Å². The molecule has 3 aromatic heterocycles. The number of anilines is 2. The van der Waals surface area contributed by atoms with Crippen molar-refractivity contribution in [2.45, 2.75) is 39.5 Å². The number of benzene rings is 2. The number of oxazole rings is 1. The van der Waals surface area contributed by atoms with Gasteiger partial charge in [0, 0.05) is 26.2 Å². The van der Waals surface area contributed by atoms with Gasteiger partial charge < -0.3 is 23.9 Å². The number of hydrogen-bond acceptors (Lipinski definition) is 10. The van der Waals surface area contributed by atoms with Crippen molar-refractivity contribution < 1.29 is 23.1 Å². The SMILES string of the molecule is CC(C)(C)OC(=O)c1ccc2nc(CN3CCN(c4cccc(NC(=O)c5ccc(C#N)cc5F)n4)CC3)n(Cc3cnco3)c2c1. The highest BCUT2D eigenvalue weighted by atomic mass is 19.1. The van der Waals surface area contributed by atoms with Crippen molar-refractivity contribution in [2.24, 2.45) is 0 Å². The van der Waals surface area contributed by atoms with Gasteiger partial charge in [-0.15, -0.1) is 0 Å². The van der Waals surface area contributed by atoms with Gasteiger partial charge in [-0.05, 0) is 69.3 Å². The third-order valence-electron chi connectivity index (χ3n) is 7.64. The molecule has 240 valence electrons. The Bertz CT molecular complexity index is 1970. The molecule has 1 fully saturated rings. The lowest BCUT2D eigenvalue weighted by Gasteiger charge is -2.35. The Morgan fingerprint density at radius 2 is 1.85 bits per heavy atom. The summed E-state index contributed by atoms with van der Waals surface area (Å²) in [5.41, 5.74) is 1.35. The quantitative estimate of drug-likeness (QED) is 0.231. The number of halogens is 1. The molecule has 1 aliphatic rings. The van der Waals surface area contributed by atoms with Crippen molar-refractivity contribution in [3.05, 3.63) is 101 Å². The number of esters is 1. The van der Waals surface area contributed by atoms with Crippen LogP contribution in [0.15, 0.2) is 71.6 Å². The van der Waals surface area contributed by atoms with Gasteiger partial charge in [-0.25, -0.2) is 24.1 Å². The number of fused-ring (bicyclic) bond motifs is 1. The van der Waals surface area contributed by atoms with Gasteiger partial charge in [0.25, 0.3) is 5.91 Å². The zero-order valence-electron chi connectivity index (χ0n) is 26.2. The summed E-state index contributed by atoms with van der Waals surface area (Å²) in [6, 6.07) is 16.2. The van der Waals surface area contributed by atoms with Crippen LogP contribution in [-0.4, -0.2) is 68.1 Å². The number of carbonyl (C=O) groups is 2. The summed E-state index contributed by atoms with van der Waals surface area (Å²) in [4.78, 5) is 43.5. The lowest BCUT2D eigenvalue weighted by Crippen LogP contribution is -2.46. The Hall–Kier alpha value is -5.61. The highest BCUT2D eigenvalue weighted by Gasteiger charge is 2.24. The highest BCUT2D eigenvalue weighted by Crippen LogP contribution is 2.24. The van der Waals surface area contributed by atoms with Gasteiger partial charge >= 0.3 is 5.97 Å². The predicted octanol–water partition coefficient (Wildman–Crippen LogP) is 5.01. The van der Waals surface area contributed by atoms with E-state index in [0.717, 1.165) is 36.0 Å². The number of piperazine rings is 1. The molecule has 1 N–H and O–H groups in total. The molecule has 0 unspecified atom stereocenters. The van der Waals surface area contributed by atoms with E-state index in [-0.39, 0.29) is 11.1 Å². The first-order chi connectivity index (χ1) is 22.6. The second-order valence-corrected chi connectivity index (χ2v) is 12.2. The highest BCUT2D eigenvalue weighted by molar-refractivity contribution is 6.04. The fraction of sp³-hybridized carbons (Fsp3) is 0.294. The Balaban J connectivity index is 1.15. The summed E-state index contributed by atoms with van der Waals surface area (Å²) in [6.07, 6.45) is 3.05. The number of nitrogens with zero attached hydrogens (tertiary/aromatic N) is 7. The van der Waals surface area contributed by atoms with E-state index in [0.29, 0.717) is 49.1 Å². The van der Waals surface area contributed by atoms with E-state index >= 15 is 0 Å². The Labute approximate surface area is 270 Å². The summed E-state index contributed by atoms with van der Waals surface area (Å²) < 4.78 is 27.5. The largest absolute Gasteiger partial charge is 0.456 e. The molecular weight excluding hydrogens is 603 g/mol. The molecule has 1 amide bonds. The second kappa shape index (κ2) is 13.0. The topological polar surface area (TPSA) is 142 Å². The van der Waals surface area contributed by atoms with Crippen molar-refractivity contribution in [3.63, 3.8) is 0 Å². The van der Waals surface area contributed by atoms with Crippen LogP contribution in [0.2, 0.25) is 0 Å². The second-order valence-electron chi connectivity index (χ2n) is 12.2. The smallest absolute Gasteiger partial charge is 0.338 e. The fourth-order valence-electron chi connectivity index (χ4n) is 5.37. The van der Waals surface area contributed by atoms with Crippen LogP contribution >= 0.6 is 0 Å². The van der Waals surface area contributed by atoms with Gasteiger partial charge in [0.05, 0.1) is 53.1 Å². The third kappa shape index (κ3) is 7.29. The van der Waals surface area contributed by atoms with E-state index in [1.54, 1.807) is 30.5 Å². The minimum atomic E-state index is -0.772. The minimum absolute atomic E-state index is 0.137. The molecule has 47 heavy (non-hydrogen) atoms. The number of aromatic nitrogens is 4. The first kappa shape index (κ1) is 31.4. The van der Waals surface area contributed by atoms with Gasteiger partial charge in [0.15, 0.2) is 6.39 Å². The Kier molecular flexibility index (Phi) is 8.69. The number of imidazole rings is 1. The van der Waals surface area contributed by atoms with Gasteiger partial charge in [-0.3, -0.25) is 9.69 Å². The molecule has 0 radical (unpaired) electrons. The number of carbonyl (C=O) groups excluding carboxylic acids is 2. The maximum Gasteiger partial charge on any atom is 0.338 e. The van der Waals surface area contributed by atoms with Crippen LogP contribution in [0.4, 0.5) is 16.0 Å². The number of rotatable bonds is 8. The molecule has 4 heterocycles. The van der Waals surface area contributed by atoms with Crippen LogP contribution < -0.4 is 10.2 Å². The van der Waals surface area contributed by atoms with E-state index in [9.17, 15) is 14.0 Å². The summed E-state index contributed by atoms with van der Waals surface area (Å²) in [5.74, 6) is 0.658. The number of hydrogen-bond donors (Lipinski definition) is 1. The number of nitriles is 1. The average molecular weight is 637 g/mol. The molecule has 0 atom stereocenters. The molecule has 0 bridgehead atoms. The summed E-state index contributed by atoms with van der Waals surface area (Å²) in [7, 11) is 0. The molecule has 0 aliphatic carbocycles. The van der Waals surface area contributed by atoms with Crippen molar-refractivity contribution in [1.82, 2.24) is 24.4 Å².